The van der Waals surface area contributed by atoms with Crippen LogP contribution in [0.5, 0.6) is 0 Å². The van der Waals surface area contributed by atoms with Gasteiger partial charge in [0.2, 0.25) is 0 Å². The standard InChI is InChI=1S/C19H18N2O2/c22-18(14-8-2-1-3-9-14)21-16-11-5-4-10-15(16)19(23)20-13-7-6-12-17(20)21/h1-5,8-11,17H,6-7,12-13H2. The molecule has 0 aliphatic carbocycles. The largest absolute Gasteiger partial charge is 0.318 e. The molecule has 2 heterocycles. The molecule has 2 aliphatic heterocycles. The van der Waals surface area contributed by atoms with Crippen molar-refractivity contribution >= 4 is 17.5 Å². The number of amides is 2. The molecule has 4 heteroatoms. The SMILES string of the molecule is O=C1c2ccccc2N(C(=O)c2ccccc2)C2CCCCN12. The first-order valence-corrected chi connectivity index (χ1v) is 8.06. The fourth-order valence-electron chi connectivity index (χ4n) is 3.56. The van der Waals surface area contributed by atoms with Crippen molar-refractivity contribution in [3.63, 3.8) is 0 Å². The van der Waals surface area contributed by atoms with Gasteiger partial charge in [0, 0.05) is 12.1 Å². The van der Waals surface area contributed by atoms with Crippen molar-refractivity contribution < 1.29 is 9.59 Å². The highest BCUT2D eigenvalue weighted by molar-refractivity contribution is 6.13. The van der Waals surface area contributed by atoms with Gasteiger partial charge in [-0.1, -0.05) is 30.3 Å². The van der Waals surface area contributed by atoms with Crippen molar-refractivity contribution in [1.29, 1.82) is 0 Å². The molecule has 116 valence electrons. The van der Waals surface area contributed by atoms with Crippen molar-refractivity contribution in [1.82, 2.24) is 4.90 Å². The summed E-state index contributed by atoms with van der Waals surface area (Å²) in [5.41, 5.74) is 2.01. The van der Waals surface area contributed by atoms with Gasteiger partial charge in [0.05, 0.1) is 11.3 Å². The summed E-state index contributed by atoms with van der Waals surface area (Å²) in [6.07, 6.45) is 2.70. The topological polar surface area (TPSA) is 40.6 Å². The second-order valence-electron chi connectivity index (χ2n) is 6.03. The lowest BCUT2D eigenvalue weighted by Gasteiger charge is -2.46. The van der Waals surface area contributed by atoms with Crippen molar-refractivity contribution in [3.8, 4) is 0 Å². The van der Waals surface area contributed by atoms with E-state index < -0.39 is 0 Å². The van der Waals surface area contributed by atoms with E-state index in [1.165, 1.54) is 0 Å². The van der Waals surface area contributed by atoms with E-state index in [0.717, 1.165) is 31.5 Å². The Hall–Kier alpha value is -2.62. The molecule has 0 aromatic heterocycles. The molecule has 2 aromatic rings. The number of anilines is 1. The molecule has 2 aromatic carbocycles. The molecular formula is C19H18N2O2. The number of carbonyl (C=O) groups is 2. The molecule has 0 bridgehead atoms. The number of para-hydroxylation sites is 1. The van der Waals surface area contributed by atoms with E-state index in [9.17, 15) is 9.59 Å². The fraction of sp³-hybridized carbons (Fsp3) is 0.263. The van der Waals surface area contributed by atoms with Gasteiger partial charge >= 0.3 is 0 Å². The van der Waals surface area contributed by atoms with Crippen LogP contribution in [-0.4, -0.2) is 29.4 Å². The molecule has 1 unspecified atom stereocenters. The van der Waals surface area contributed by atoms with Crippen molar-refractivity contribution in [3.05, 3.63) is 65.7 Å². The third-order valence-electron chi connectivity index (χ3n) is 4.66. The molecule has 2 amide bonds. The van der Waals surface area contributed by atoms with E-state index in [2.05, 4.69) is 0 Å². The van der Waals surface area contributed by atoms with E-state index in [-0.39, 0.29) is 18.0 Å². The summed E-state index contributed by atoms with van der Waals surface area (Å²) < 4.78 is 0. The van der Waals surface area contributed by atoms with Gasteiger partial charge in [0.1, 0.15) is 6.17 Å². The summed E-state index contributed by atoms with van der Waals surface area (Å²) in [5.74, 6) is 0.00450. The van der Waals surface area contributed by atoms with E-state index >= 15 is 0 Å². The molecule has 23 heavy (non-hydrogen) atoms. The smallest absolute Gasteiger partial charge is 0.259 e. The Morgan fingerprint density at radius 3 is 2.52 bits per heavy atom. The van der Waals surface area contributed by atoms with Gasteiger partial charge in [0.15, 0.2) is 0 Å². The molecule has 1 atom stereocenters. The average Bonchev–Trinajstić information content (AvgIpc) is 2.63. The zero-order valence-corrected chi connectivity index (χ0v) is 12.8. The molecular weight excluding hydrogens is 288 g/mol. The number of piperidine rings is 1. The number of nitrogens with zero attached hydrogens (tertiary/aromatic N) is 2. The molecule has 1 saturated heterocycles. The van der Waals surface area contributed by atoms with Crippen LogP contribution >= 0.6 is 0 Å². The van der Waals surface area contributed by atoms with Gasteiger partial charge in [-0.25, -0.2) is 0 Å². The molecule has 0 N–H and O–H groups in total. The summed E-state index contributed by atoms with van der Waals surface area (Å²) >= 11 is 0. The van der Waals surface area contributed by atoms with Crippen LogP contribution in [0.25, 0.3) is 0 Å². The van der Waals surface area contributed by atoms with Crippen LogP contribution in [0.15, 0.2) is 54.6 Å². The third kappa shape index (κ3) is 2.22. The minimum atomic E-state index is -0.168. The summed E-state index contributed by atoms with van der Waals surface area (Å²) in [6, 6.07) is 16.7. The van der Waals surface area contributed by atoms with Crippen LogP contribution in [0.3, 0.4) is 0 Å². The van der Waals surface area contributed by atoms with Crippen LogP contribution in [-0.2, 0) is 0 Å². The third-order valence-corrected chi connectivity index (χ3v) is 4.66. The Labute approximate surface area is 135 Å². The Morgan fingerprint density at radius 2 is 1.70 bits per heavy atom. The molecule has 0 spiro atoms. The Morgan fingerprint density at radius 1 is 0.957 bits per heavy atom. The van der Waals surface area contributed by atoms with Gasteiger partial charge in [-0.05, 0) is 43.5 Å². The van der Waals surface area contributed by atoms with Gasteiger partial charge in [-0.15, -0.1) is 0 Å². The zero-order valence-electron chi connectivity index (χ0n) is 12.8. The lowest BCUT2D eigenvalue weighted by atomic mass is 9.97. The number of rotatable bonds is 1. The van der Waals surface area contributed by atoms with Crippen molar-refractivity contribution in [2.24, 2.45) is 0 Å². The normalized spacial score (nSPS) is 20.0. The number of carbonyl (C=O) groups excluding carboxylic acids is 2. The number of benzene rings is 2. The zero-order chi connectivity index (χ0) is 15.8. The quantitative estimate of drug-likeness (QED) is 0.811. The predicted molar refractivity (Wildman–Crippen MR) is 88.4 cm³/mol. The van der Waals surface area contributed by atoms with Crippen LogP contribution in [0.1, 0.15) is 40.0 Å². The predicted octanol–water partition coefficient (Wildman–Crippen LogP) is 3.30. The molecule has 0 saturated carbocycles. The molecule has 4 nitrogen and oxygen atoms in total. The van der Waals surface area contributed by atoms with Gasteiger partial charge in [-0.2, -0.15) is 0 Å². The van der Waals surface area contributed by atoms with E-state index in [0.29, 0.717) is 11.1 Å². The molecule has 4 rings (SSSR count). The summed E-state index contributed by atoms with van der Waals surface area (Å²) in [6.45, 7) is 0.719. The Balaban J connectivity index is 1.84. The second-order valence-corrected chi connectivity index (χ2v) is 6.03. The lowest BCUT2D eigenvalue weighted by Crippen LogP contribution is -2.59. The Kier molecular flexibility index (Phi) is 3.37. The highest BCUT2D eigenvalue weighted by Crippen LogP contribution is 2.36. The van der Waals surface area contributed by atoms with Gasteiger partial charge < -0.3 is 4.90 Å². The fourth-order valence-corrected chi connectivity index (χ4v) is 3.56. The maximum absolute atomic E-state index is 13.1. The maximum atomic E-state index is 13.1. The van der Waals surface area contributed by atoms with E-state index in [4.69, 9.17) is 0 Å². The summed E-state index contributed by atoms with van der Waals surface area (Å²) in [4.78, 5) is 29.5. The highest BCUT2D eigenvalue weighted by Gasteiger charge is 2.41. The first-order chi connectivity index (χ1) is 11.3. The summed E-state index contributed by atoms with van der Waals surface area (Å²) in [5, 5.41) is 0. The molecule has 2 aliphatic rings. The first kappa shape index (κ1) is 14.0. The summed E-state index contributed by atoms with van der Waals surface area (Å²) in [7, 11) is 0. The van der Waals surface area contributed by atoms with Crippen LogP contribution in [0.4, 0.5) is 5.69 Å². The van der Waals surface area contributed by atoms with Gasteiger partial charge in [0.25, 0.3) is 11.8 Å². The van der Waals surface area contributed by atoms with Crippen molar-refractivity contribution in [2.75, 3.05) is 11.4 Å². The molecule has 0 radical (unpaired) electrons. The van der Waals surface area contributed by atoms with Crippen LogP contribution < -0.4 is 4.90 Å². The van der Waals surface area contributed by atoms with E-state index in [1.54, 1.807) is 0 Å². The van der Waals surface area contributed by atoms with Crippen LogP contribution in [0, 0.1) is 0 Å². The minimum absolute atomic E-state index is 0.0394. The monoisotopic (exact) mass is 306 g/mol. The number of hydrogen-bond donors (Lipinski definition) is 0. The minimum Gasteiger partial charge on any atom is -0.318 e. The number of hydrogen-bond acceptors (Lipinski definition) is 2. The highest BCUT2D eigenvalue weighted by atomic mass is 16.2. The van der Waals surface area contributed by atoms with Crippen molar-refractivity contribution in [2.45, 2.75) is 25.4 Å². The maximum Gasteiger partial charge on any atom is 0.259 e. The second kappa shape index (κ2) is 5.54. The molecule has 1 fully saturated rings. The van der Waals surface area contributed by atoms with Gasteiger partial charge in [-0.3, -0.25) is 14.5 Å². The first-order valence-electron chi connectivity index (χ1n) is 8.06. The van der Waals surface area contributed by atoms with E-state index in [1.807, 2.05) is 64.4 Å². The average molecular weight is 306 g/mol. The van der Waals surface area contributed by atoms with Crippen LogP contribution in [0.2, 0.25) is 0 Å². The number of fused-ring (bicyclic) bond motifs is 2. The lowest BCUT2D eigenvalue weighted by molar-refractivity contribution is 0.0564. The Bertz CT molecular complexity index is 757.